The van der Waals surface area contributed by atoms with Crippen molar-refractivity contribution >= 4 is 17.1 Å². The van der Waals surface area contributed by atoms with Gasteiger partial charge in [-0.3, -0.25) is 0 Å². The molecule has 0 unspecified atom stereocenters. The Morgan fingerprint density at radius 2 is 1.93 bits per heavy atom. The number of hydrogen-bond acceptors (Lipinski definition) is 6. The first kappa shape index (κ1) is 15.1. The van der Waals surface area contributed by atoms with E-state index in [4.69, 9.17) is 0 Å². The van der Waals surface area contributed by atoms with Crippen LogP contribution in [-0.4, -0.2) is 60.3 Å². The third-order valence-electron chi connectivity index (χ3n) is 5.85. The maximum Gasteiger partial charge on any atom is 0.241 e. The van der Waals surface area contributed by atoms with E-state index < -0.39 is 0 Å². The Kier molecular flexibility index (Phi) is 2.94. The van der Waals surface area contributed by atoms with Crippen LogP contribution in [0.1, 0.15) is 12.8 Å². The third-order valence-corrected chi connectivity index (χ3v) is 5.85. The molecule has 136 valence electrons. The van der Waals surface area contributed by atoms with Crippen LogP contribution in [0.2, 0.25) is 0 Å². The van der Waals surface area contributed by atoms with E-state index in [0.29, 0.717) is 17.4 Å². The van der Waals surface area contributed by atoms with E-state index in [0.717, 1.165) is 22.4 Å². The van der Waals surface area contributed by atoms with E-state index >= 15 is 0 Å². The first-order valence-electron chi connectivity index (χ1n) is 9.28. The third kappa shape index (κ3) is 2.33. The molecule has 1 saturated carbocycles. The van der Waals surface area contributed by atoms with Crippen LogP contribution in [0.15, 0.2) is 43.0 Å². The Bertz CT molecular complexity index is 1140. The van der Waals surface area contributed by atoms with E-state index in [1.165, 1.54) is 25.9 Å². The summed E-state index contributed by atoms with van der Waals surface area (Å²) in [5.41, 5.74) is 4.22. The Morgan fingerprint density at radius 1 is 1.04 bits per heavy atom. The van der Waals surface area contributed by atoms with Crippen molar-refractivity contribution in [3.63, 3.8) is 0 Å². The molecular weight excluding hydrogens is 340 g/mol. The van der Waals surface area contributed by atoms with Gasteiger partial charge in [-0.05, 0) is 43.5 Å². The van der Waals surface area contributed by atoms with E-state index in [1.807, 2.05) is 41.3 Å². The number of anilines is 1. The molecule has 8 nitrogen and oxygen atoms in total. The minimum absolute atomic E-state index is 0.483. The van der Waals surface area contributed by atoms with Gasteiger partial charge in [0.1, 0.15) is 0 Å². The van der Waals surface area contributed by atoms with Crippen molar-refractivity contribution in [2.45, 2.75) is 18.9 Å². The smallest absolute Gasteiger partial charge is 0.241 e. The van der Waals surface area contributed by atoms with E-state index in [1.54, 1.807) is 10.7 Å². The Morgan fingerprint density at radius 3 is 2.78 bits per heavy atom. The highest BCUT2D eigenvalue weighted by atomic mass is 15.3. The summed E-state index contributed by atoms with van der Waals surface area (Å²) < 4.78 is 3.65. The average molecular weight is 360 g/mol. The van der Waals surface area contributed by atoms with Crippen LogP contribution in [0.3, 0.4) is 0 Å². The molecule has 0 radical (unpaired) electrons. The molecule has 6 rings (SSSR count). The molecule has 4 aromatic heterocycles. The summed E-state index contributed by atoms with van der Waals surface area (Å²) in [4.78, 5) is 11.2. The maximum absolute atomic E-state index is 4.64. The van der Waals surface area contributed by atoms with Crippen molar-refractivity contribution in [1.82, 2.24) is 34.1 Å². The van der Waals surface area contributed by atoms with Gasteiger partial charge in [-0.2, -0.15) is 5.10 Å². The number of nitrogens with one attached hydrogen (secondary N) is 1. The summed E-state index contributed by atoms with van der Waals surface area (Å²) in [7, 11) is 2.19. The largest absolute Gasteiger partial charge is 0.350 e. The van der Waals surface area contributed by atoms with Crippen LogP contribution in [0.5, 0.6) is 0 Å². The lowest BCUT2D eigenvalue weighted by molar-refractivity contribution is -0.0514. The zero-order valence-corrected chi connectivity index (χ0v) is 15.1. The molecule has 0 aromatic carbocycles. The molecule has 4 aromatic rings. The van der Waals surface area contributed by atoms with Crippen molar-refractivity contribution in [2.75, 3.05) is 25.5 Å². The second kappa shape index (κ2) is 5.26. The molecule has 0 atom stereocenters. The first-order valence-corrected chi connectivity index (χ1v) is 9.28. The van der Waals surface area contributed by atoms with E-state index in [9.17, 15) is 0 Å². The SMILES string of the molecule is CN1CC2(CC(Nc3ncc4c(-c5ccc6nccn6n5)ccn4n3)C2)C1. The summed E-state index contributed by atoms with van der Waals surface area (Å²) in [6.45, 7) is 2.45. The van der Waals surface area contributed by atoms with Crippen LogP contribution in [0.25, 0.3) is 22.4 Å². The average Bonchev–Trinajstić information content (AvgIpc) is 3.24. The first-order chi connectivity index (χ1) is 13.2. The molecule has 1 aliphatic carbocycles. The number of rotatable bonds is 3. The highest BCUT2D eigenvalue weighted by Crippen LogP contribution is 2.48. The number of aromatic nitrogens is 6. The maximum atomic E-state index is 4.64. The standard InChI is InChI=1S/C19H20N8/c1-25-11-19(12-25)8-13(9-19)22-18-21-10-16-14(4-6-26(16)24-18)15-2-3-17-20-5-7-27(17)23-15/h2-7,10,13H,8-9,11-12H2,1H3,(H,22,24). The molecule has 0 bridgehead atoms. The van der Waals surface area contributed by atoms with Gasteiger partial charge in [-0.1, -0.05) is 0 Å². The van der Waals surface area contributed by atoms with Gasteiger partial charge >= 0.3 is 0 Å². The van der Waals surface area contributed by atoms with Crippen LogP contribution in [-0.2, 0) is 0 Å². The van der Waals surface area contributed by atoms with Gasteiger partial charge in [-0.25, -0.2) is 19.0 Å². The normalized spacial score (nSPS) is 19.4. The van der Waals surface area contributed by atoms with Gasteiger partial charge in [-0.15, -0.1) is 5.10 Å². The monoisotopic (exact) mass is 360 g/mol. The highest BCUT2D eigenvalue weighted by molar-refractivity contribution is 5.78. The lowest BCUT2D eigenvalue weighted by atomic mass is 9.61. The van der Waals surface area contributed by atoms with Crippen molar-refractivity contribution in [3.8, 4) is 11.3 Å². The van der Waals surface area contributed by atoms with E-state index in [-0.39, 0.29) is 0 Å². The molecule has 8 heteroatoms. The van der Waals surface area contributed by atoms with Crippen molar-refractivity contribution in [1.29, 1.82) is 0 Å². The summed E-state index contributed by atoms with van der Waals surface area (Å²) in [5.74, 6) is 0.690. The number of nitrogens with zero attached hydrogens (tertiary/aromatic N) is 7. The van der Waals surface area contributed by atoms with Crippen molar-refractivity contribution < 1.29 is 0 Å². The summed E-state index contributed by atoms with van der Waals surface area (Å²) in [6, 6.07) is 6.46. The van der Waals surface area contributed by atoms with Gasteiger partial charge in [0.15, 0.2) is 5.65 Å². The molecule has 0 amide bonds. The minimum Gasteiger partial charge on any atom is -0.350 e. The number of likely N-dealkylation sites (tertiary alicyclic amines) is 1. The topological polar surface area (TPSA) is 75.6 Å². The number of hydrogen-bond donors (Lipinski definition) is 1. The molecule has 27 heavy (non-hydrogen) atoms. The fourth-order valence-corrected chi connectivity index (χ4v) is 4.77. The molecular formula is C19H20N8. The summed E-state index contributed by atoms with van der Waals surface area (Å²) in [6.07, 6.45) is 9.85. The van der Waals surface area contributed by atoms with Gasteiger partial charge in [0.25, 0.3) is 0 Å². The molecule has 2 fully saturated rings. The fraction of sp³-hybridized carbons (Fsp3) is 0.368. The zero-order valence-electron chi connectivity index (χ0n) is 15.1. The molecule has 1 saturated heterocycles. The summed E-state index contributed by atoms with van der Waals surface area (Å²) in [5, 5.41) is 12.8. The predicted molar refractivity (Wildman–Crippen MR) is 102 cm³/mol. The molecule has 1 aliphatic heterocycles. The Hall–Kier alpha value is -3.00. The minimum atomic E-state index is 0.483. The van der Waals surface area contributed by atoms with Gasteiger partial charge in [0, 0.05) is 43.3 Å². The van der Waals surface area contributed by atoms with E-state index in [2.05, 4.69) is 37.4 Å². The molecule has 5 heterocycles. The Balaban J connectivity index is 1.25. The van der Waals surface area contributed by atoms with Crippen molar-refractivity contribution in [3.05, 3.63) is 43.0 Å². The molecule has 1 N–H and O–H groups in total. The quantitative estimate of drug-likeness (QED) is 0.602. The second-order valence-electron chi connectivity index (χ2n) is 8.01. The van der Waals surface area contributed by atoms with Crippen LogP contribution >= 0.6 is 0 Å². The number of fused-ring (bicyclic) bond motifs is 2. The van der Waals surface area contributed by atoms with Gasteiger partial charge in [0.05, 0.1) is 17.4 Å². The molecule has 2 aliphatic rings. The van der Waals surface area contributed by atoms with Gasteiger partial charge < -0.3 is 10.2 Å². The lowest BCUT2D eigenvalue weighted by Gasteiger charge is -2.58. The Labute approximate surface area is 155 Å². The van der Waals surface area contributed by atoms with Crippen LogP contribution in [0, 0.1) is 5.41 Å². The lowest BCUT2D eigenvalue weighted by Crippen LogP contribution is -2.63. The van der Waals surface area contributed by atoms with Crippen molar-refractivity contribution in [2.24, 2.45) is 5.41 Å². The van der Waals surface area contributed by atoms with Gasteiger partial charge in [0.2, 0.25) is 5.95 Å². The van der Waals surface area contributed by atoms with Crippen LogP contribution in [0.4, 0.5) is 5.95 Å². The fourth-order valence-electron chi connectivity index (χ4n) is 4.77. The number of imidazole rings is 1. The highest BCUT2D eigenvalue weighted by Gasteiger charge is 2.51. The second-order valence-corrected chi connectivity index (χ2v) is 8.01. The van der Waals surface area contributed by atoms with Crippen LogP contribution < -0.4 is 5.32 Å². The molecule has 1 spiro atoms. The predicted octanol–water partition coefficient (Wildman–Crippen LogP) is 1.95. The zero-order chi connectivity index (χ0) is 18.0. The summed E-state index contributed by atoms with van der Waals surface area (Å²) >= 11 is 0.